The van der Waals surface area contributed by atoms with E-state index in [0.29, 0.717) is 42.5 Å². The number of fused-ring (bicyclic) bond motifs is 6. The summed E-state index contributed by atoms with van der Waals surface area (Å²) in [4.78, 5) is 22.4. The Hall–Kier alpha value is -1.60. The first-order valence-corrected chi connectivity index (χ1v) is 13.9. The smallest absolute Gasteiger partial charge is 0.175 e. The molecule has 2 aliphatic heterocycles. The summed E-state index contributed by atoms with van der Waals surface area (Å²) in [7, 11) is 1.85. The van der Waals surface area contributed by atoms with E-state index in [-0.39, 0.29) is 22.8 Å². The Labute approximate surface area is 209 Å². The third-order valence-electron chi connectivity index (χ3n) is 11.3. The summed E-state index contributed by atoms with van der Waals surface area (Å²) in [5, 5.41) is 17.3. The van der Waals surface area contributed by atoms with Crippen LogP contribution in [-0.4, -0.2) is 72.6 Å². The number of Topliss-reactive ketones (excluding diaryl/α,β-unsaturated/α-hetero) is 1. The van der Waals surface area contributed by atoms with Crippen molar-refractivity contribution in [2.75, 3.05) is 26.8 Å². The predicted molar refractivity (Wildman–Crippen MR) is 137 cm³/mol. The Kier molecular flexibility index (Phi) is 5.76. The second-order valence-electron chi connectivity index (χ2n) is 13.1. The van der Waals surface area contributed by atoms with Crippen LogP contribution in [-0.2, 0) is 9.53 Å². The number of carbonyl (C=O) groups is 1. The maximum absolute atomic E-state index is 13.7. The Morgan fingerprint density at radius 2 is 1.97 bits per heavy atom. The highest BCUT2D eigenvalue weighted by atomic mass is 16.5. The summed E-state index contributed by atoms with van der Waals surface area (Å²) >= 11 is 0. The van der Waals surface area contributed by atoms with Crippen molar-refractivity contribution in [2.24, 2.45) is 55.5 Å². The molecule has 0 aromatic rings. The van der Waals surface area contributed by atoms with Crippen LogP contribution in [0.2, 0.25) is 0 Å². The molecule has 1 unspecified atom stereocenters. The van der Waals surface area contributed by atoms with Gasteiger partial charge in [0.1, 0.15) is 6.04 Å². The molecule has 0 aromatic carbocycles. The minimum absolute atomic E-state index is 0.0152. The van der Waals surface area contributed by atoms with Crippen molar-refractivity contribution >= 4 is 24.0 Å². The molecule has 6 rings (SSSR count). The summed E-state index contributed by atoms with van der Waals surface area (Å²) in [5.41, 5.74) is -0.238. The van der Waals surface area contributed by atoms with Crippen LogP contribution in [0.1, 0.15) is 71.6 Å². The standard InChI is InChI=1S/C28H42N4O3/c1-26(34)10-11-28(17-35-3)18(14-26)4-5-19-20-6-7-22(27(20,2)9-8-21(19)28)24(33)16-32-15-23-25(31-32)30-13-12-29-23/h12-13,18-23,34H,4-11,14-17H2,1-3H3/t18-,19-,20-,21-,22+,23?,26+,27-,28+/m0/s1. The number of ether oxygens (including phenoxy) is 1. The van der Waals surface area contributed by atoms with Crippen molar-refractivity contribution in [1.82, 2.24) is 5.01 Å². The fraction of sp³-hybridized carbons (Fsp3) is 0.857. The SMILES string of the molecule is COC[C@]12CC[C@@](C)(O)C[C@@H]1CC[C@H]1[C@@H]3CC[C@H](C(=O)CN4CC5N=CC=NC5=N4)[C@@]3(C)CC[C@@H]12. The van der Waals surface area contributed by atoms with E-state index in [1.165, 1.54) is 25.7 Å². The van der Waals surface area contributed by atoms with E-state index < -0.39 is 5.60 Å². The summed E-state index contributed by atoms with van der Waals surface area (Å²) < 4.78 is 5.90. The summed E-state index contributed by atoms with van der Waals surface area (Å²) in [6.45, 7) is 6.32. The van der Waals surface area contributed by atoms with E-state index in [1.807, 2.05) is 19.0 Å². The van der Waals surface area contributed by atoms with Gasteiger partial charge < -0.3 is 9.84 Å². The number of nitrogens with zero attached hydrogens (tertiary/aromatic N) is 4. The van der Waals surface area contributed by atoms with Crippen LogP contribution in [0.25, 0.3) is 0 Å². The highest BCUT2D eigenvalue weighted by Crippen LogP contribution is 2.68. The number of ketones is 1. The van der Waals surface area contributed by atoms with Crippen LogP contribution in [0.5, 0.6) is 0 Å². The normalized spacial score (nSPS) is 48.1. The Morgan fingerprint density at radius 1 is 1.11 bits per heavy atom. The molecular formula is C28H42N4O3. The Bertz CT molecular complexity index is 960. The number of hydrazone groups is 1. The van der Waals surface area contributed by atoms with E-state index in [0.717, 1.165) is 44.5 Å². The molecule has 9 atom stereocenters. The molecule has 0 aromatic heterocycles. The lowest BCUT2D eigenvalue weighted by molar-refractivity contribution is -0.175. The van der Waals surface area contributed by atoms with Gasteiger partial charge in [0.25, 0.3) is 0 Å². The number of aliphatic imine (C=N–C) groups is 2. The lowest BCUT2D eigenvalue weighted by Gasteiger charge is -2.62. The van der Waals surface area contributed by atoms with Crippen molar-refractivity contribution < 1.29 is 14.6 Å². The van der Waals surface area contributed by atoms with Gasteiger partial charge in [-0.05, 0) is 99.2 Å². The fourth-order valence-corrected chi connectivity index (χ4v) is 9.71. The summed E-state index contributed by atoms with van der Waals surface area (Å²) in [6.07, 6.45) is 13.2. The first kappa shape index (κ1) is 23.8. The lowest BCUT2D eigenvalue weighted by Crippen LogP contribution is -2.58. The molecule has 0 spiro atoms. The third kappa shape index (κ3) is 3.75. The highest BCUT2D eigenvalue weighted by molar-refractivity contribution is 6.22. The Balaban J connectivity index is 1.19. The fourth-order valence-electron chi connectivity index (χ4n) is 9.71. The van der Waals surface area contributed by atoms with Crippen molar-refractivity contribution in [3.63, 3.8) is 0 Å². The molecule has 35 heavy (non-hydrogen) atoms. The van der Waals surface area contributed by atoms with Gasteiger partial charge in [-0.3, -0.25) is 14.8 Å². The van der Waals surface area contributed by atoms with Crippen molar-refractivity contribution in [3.05, 3.63) is 0 Å². The topological polar surface area (TPSA) is 86.9 Å². The van der Waals surface area contributed by atoms with Gasteiger partial charge in [0.15, 0.2) is 11.6 Å². The maximum Gasteiger partial charge on any atom is 0.175 e. The molecule has 4 aliphatic carbocycles. The number of rotatable bonds is 5. The monoisotopic (exact) mass is 482 g/mol. The lowest BCUT2D eigenvalue weighted by atomic mass is 9.43. The molecule has 2 heterocycles. The molecule has 192 valence electrons. The average molecular weight is 483 g/mol. The van der Waals surface area contributed by atoms with Gasteiger partial charge in [0.05, 0.1) is 25.3 Å². The molecule has 0 radical (unpaired) electrons. The number of aliphatic hydroxyl groups is 1. The van der Waals surface area contributed by atoms with Crippen LogP contribution in [0.15, 0.2) is 15.1 Å². The number of methoxy groups -OCH3 is 1. The van der Waals surface area contributed by atoms with Crippen LogP contribution in [0, 0.1) is 40.4 Å². The highest BCUT2D eigenvalue weighted by Gasteiger charge is 2.63. The second-order valence-corrected chi connectivity index (χ2v) is 13.1. The van der Waals surface area contributed by atoms with Crippen LogP contribution >= 0.6 is 0 Å². The van der Waals surface area contributed by atoms with E-state index >= 15 is 0 Å². The van der Waals surface area contributed by atoms with Crippen LogP contribution in [0.4, 0.5) is 0 Å². The van der Waals surface area contributed by atoms with E-state index in [4.69, 9.17) is 4.74 Å². The van der Waals surface area contributed by atoms with Crippen LogP contribution in [0.3, 0.4) is 0 Å². The molecule has 0 amide bonds. The maximum atomic E-state index is 13.7. The summed E-state index contributed by atoms with van der Waals surface area (Å²) in [6, 6.07) is -0.0152. The predicted octanol–water partition coefficient (Wildman–Crippen LogP) is 3.74. The van der Waals surface area contributed by atoms with Crippen molar-refractivity contribution in [1.29, 1.82) is 0 Å². The Morgan fingerprint density at radius 3 is 2.77 bits per heavy atom. The first-order chi connectivity index (χ1) is 16.8. The molecule has 6 aliphatic rings. The van der Waals surface area contributed by atoms with Gasteiger partial charge in [-0.2, -0.15) is 5.10 Å². The molecule has 1 N–H and O–H groups in total. The molecular weight excluding hydrogens is 440 g/mol. The van der Waals surface area contributed by atoms with Gasteiger partial charge in [0.2, 0.25) is 0 Å². The molecule has 0 bridgehead atoms. The zero-order valence-corrected chi connectivity index (χ0v) is 21.7. The first-order valence-electron chi connectivity index (χ1n) is 13.9. The van der Waals surface area contributed by atoms with Crippen molar-refractivity contribution in [2.45, 2.75) is 83.3 Å². The van der Waals surface area contributed by atoms with Gasteiger partial charge >= 0.3 is 0 Å². The minimum atomic E-state index is -0.532. The van der Waals surface area contributed by atoms with E-state index in [2.05, 4.69) is 22.0 Å². The van der Waals surface area contributed by atoms with Crippen molar-refractivity contribution in [3.8, 4) is 0 Å². The number of hydrogen-bond donors (Lipinski definition) is 1. The zero-order chi connectivity index (χ0) is 24.4. The summed E-state index contributed by atoms with van der Waals surface area (Å²) in [5.74, 6) is 3.74. The largest absolute Gasteiger partial charge is 0.390 e. The van der Waals surface area contributed by atoms with E-state index in [9.17, 15) is 9.90 Å². The molecule has 4 fully saturated rings. The van der Waals surface area contributed by atoms with Crippen LogP contribution < -0.4 is 0 Å². The third-order valence-corrected chi connectivity index (χ3v) is 11.3. The zero-order valence-electron chi connectivity index (χ0n) is 21.7. The molecule has 7 nitrogen and oxygen atoms in total. The second kappa shape index (κ2) is 8.47. The van der Waals surface area contributed by atoms with E-state index in [1.54, 1.807) is 12.4 Å². The molecule has 0 saturated heterocycles. The number of amidine groups is 1. The van der Waals surface area contributed by atoms with Gasteiger partial charge in [-0.15, -0.1) is 0 Å². The quantitative estimate of drug-likeness (QED) is 0.647. The number of carbonyl (C=O) groups excluding carboxylic acids is 1. The van der Waals surface area contributed by atoms with Gasteiger partial charge in [-0.25, -0.2) is 4.99 Å². The minimum Gasteiger partial charge on any atom is -0.390 e. The molecule has 4 saturated carbocycles. The molecule has 7 heteroatoms. The average Bonchev–Trinajstić information content (AvgIpc) is 3.39. The van der Waals surface area contributed by atoms with Gasteiger partial charge in [0, 0.05) is 25.5 Å². The number of hydrogen-bond acceptors (Lipinski definition) is 7. The van der Waals surface area contributed by atoms with Gasteiger partial charge in [-0.1, -0.05) is 6.92 Å².